The first-order chi connectivity index (χ1) is 8.84. The van der Waals surface area contributed by atoms with E-state index in [0.29, 0.717) is 0 Å². The summed E-state index contributed by atoms with van der Waals surface area (Å²) in [5.74, 6) is 1.45. The highest BCUT2D eigenvalue weighted by atomic mass is 19.1. The highest BCUT2D eigenvalue weighted by Gasteiger charge is 2.11. The molecule has 0 aromatic heterocycles. The lowest BCUT2D eigenvalue weighted by Gasteiger charge is -2.22. The van der Waals surface area contributed by atoms with E-state index >= 15 is 0 Å². The van der Waals surface area contributed by atoms with Gasteiger partial charge in [0.15, 0.2) is 0 Å². The Bertz CT molecular complexity index is 333. The van der Waals surface area contributed by atoms with Crippen LogP contribution >= 0.6 is 0 Å². The molecule has 0 amide bonds. The van der Waals surface area contributed by atoms with Crippen LogP contribution < -0.4 is 10.1 Å². The Balaban J connectivity index is 1.54. The van der Waals surface area contributed by atoms with Gasteiger partial charge in [-0.25, -0.2) is 4.39 Å². The van der Waals surface area contributed by atoms with Crippen molar-refractivity contribution in [3.8, 4) is 5.75 Å². The lowest BCUT2D eigenvalue weighted by Crippen LogP contribution is -2.27. The molecular formula is C15H22FNO. The van der Waals surface area contributed by atoms with E-state index < -0.39 is 0 Å². The molecule has 0 aliphatic carbocycles. The number of nitrogens with one attached hydrogen (secondary N) is 1. The topological polar surface area (TPSA) is 21.3 Å². The van der Waals surface area contributed by atoms with Gasteiger partial charge in [-0.3, -0.25) is 0 Å². The van der Waals surface area contributed by atoms with Crippen molar-refractivity contribution < 1.29 is 9.13 Å². The average molecular weight is 251 g/mol. The first-order valence-electron chi connectivity index (χ1n) is 6.94. The third-order valence-corrected chi connectivity index (χ3v) is 3.55. The standard InChI is InChI=1S/C15H22FNO/c16-14-4-6-15(7-5-14)18-12-2-1-3-13-8-10-17-11-9-13/h4-7,13,17H,1-3,8-12H2. The zero-order valence-corrected chi connectivity index (χ0v) is 10.8. The summed E-state index contributed by atoms with van der Waals surface area (Å²) in [6.45, 7) is 3.09. The smallest absolute Gasteiger partial charge is 0.123 e. The fraction of sp³-hybridized carbons (Fsp3) is 0.600. The second-order valence-corrected chi connectivity index (χ2v) is 4.99. The fourth-order valence-electron chi connectivity index (χ4n) is 2.43. The van der Waals surface area contributed by atoms with Crippen LogP contribution in [-0.2, 0) is 0 Å². The van der Waals surface area contributed by atoms with Crippen LogP contribution in [0.2, 0.25) is 0 Å². The lowest BCUT2D eigenvalue weighted by molar-refractivity contribution is 0.287. The van der Waals surface area contributed by atoms with Gasteiger partial charge in [-0.1, -0.05) is 6.42 Å². The summed E-state index contributed by atoms with van der Waals surface area (Å²) in [6.07, 6.45) is 6.26. The Morgan fingerprint density at radius 2 is 1.83 bits per heavy atom. The second kappa shape index (κ2) is 7.37. The van der Waals surface area contributed by atoms with Crippen LogP contribution in [0.1, 0.15) is 32.1 Å². The molecule has 18 heavy (non-hydrogen) atoms. The van der Waals surface area contributed by atoms with Crippen LogP contribution in [0.15, 0.2) is 24.3 Å². The normalized spacial score (nSPS) is 16.7. The Morgan fingerprint density at radius 3 is 2.56 bits per heavy atom. The zero-order valence-electron chi connectivity index (χ0n) is 10.8. The molecule has 2 rings (SSSR count). The number of unbranched alkanes of at least 4 members (excludes halogenated alkanes) is 1. The number of ether oxygens (including phenoxy) is 1. The highest BCUT2D eigenvalue weighted by Crippen LogP contribution is 2.19. The molecule has 0 unspecified atom stereocenters. The predicted molar refractivity (Wildman–Crippen MR) is 71.3 cm³/mol. The first kappa shape index (κ1) is 13.3. The molecule has 0 bridgehead atoms. The summed E-state index contributed by atoms with van der Waals surface area (Å²) in [5, 5.41) is 3.39. The molecule has 0 atom stereocenters. The Morgan fingerprint density at radius 1 is 1.11 bits per heavy atom. The van der Waals surface area contributed by atoms with Crippen LogP contribution in [-0.4, -0.2) is 19.7 Å². The molecule has 1 aromatic carbocycles. The maximum Gasteiger partial charge on any atom is 0.123 e. The van der Waals surface area contributed by atoms with E-state index in [0.717, 1.165) is 24.7 Å². The molecule has 0 saturated carbocycles. The van der Waals surface area contributed by atoms with Gasteiger partial charge in [-0.15, -0.1) is 0 Å². The van der Waals surface area contributed by atoms with Crippen LogP contribution in [0, 0.1) is 11.7 Å². The summed E-state index contributed by atoms with van der Waals surface area (Å²) >= 11 is 0. The van der Waals surface area contributed by atoms with Crippen LogP contribution in [0.4, 0.5) is 4.39 Å². The second-order valence-electron chi connectivity index (χ2n) is 4.99. The molecule has 0 spiro atoms. The Kier molecular flexibility index (Phi) is 5.46. The molecule has 2 nitrogen and oxygen atoms in total. The molecular weight excluding hydrogens is 229 g/mol. The molecule has 1 aliphatic heterocycles. The van der Waals surface area contributed by atoms with Gasteiger partial charge in [0, 0.05) is 0 Å². The minimum atomic E-state index is -0.215. The maximum atomic E-state index is 12.7. The van der Waals surface area contributed by atoms with Crippen LogP contribution in [0.3, 0.4) is 0 Å². The molecule has 1 heterocycles. The van der Waals surface area contributed by atoms with Crippen molar-refractivity contribution in [2.75, 3.05) is 19.7 Å². The molecule has 100 valence electrons. The van der Waals surface area contributed by atoms with Crippen molar-refractivity contribution in [3.05, 3.63) is 30.1 Å². The van der Waals surface area contributed by atoms with Gasteiger partial charge in [-0.2, -0.15) is 0 Å². The summed E-state index contributed by atoms with van der Waals surface area (Å²) in [6, 6.07) is 6.24. The van der Waals surface area contributed by atoms with Crippen molar-refractivity contribution in [1.29, 1.82) is 0 Å². The number of piperidine rings is 1. The number of rotatable bonds is 6. The lowest BCUT2D eigenvalue weighted by atomic mass is 9.93. The van der Waals surface area contributed by atoms with Gasteiger partial charge in [-0.05, 0) is 69.0 Å². The van der Waals surface area contributed by atoms with E-state index in [1.165, 1.54) is 50.9 Å². The molecule has 0 radical (unpaired) electrons. The van der Waals surface area contributed by atoms with Gasteiger partial charge >= 0.3 is 0 Å². The quantitative estimate of drug-likeness (QED) is 0.783. The zero-order chi connectivity index (χ0) is 12.6. The van der Waals surface area contributed by atoms with Crippen molar-refractivity contribution in [2.45, 2.75) is 32.1 Å². The van der Waals surface area contributed by atoms with Crippen molar-refractivity contribution >= 4 is 0 Å². The van der Waals surface area contributed by atoms with E-state index in [-0.39, 0.29) is 5.82 Å². The van der Waals surface area contributed by atoms with Crippen molar-refractivity contribution in [2.24, 2.45) is 5.92 Å². The van der Waals surface area contributed by atoms with Gasteiger partial charge in [0.05, 0.1) is 6.61 Å². The van der Waals surface area contributed by atoms with Crippen molar-refractivity contribution in [1.82, 2.24) is 5.32 Å². The molecule has 1 saturated heterocycles. The molecule has 1 aromatic rings. The maximum absolute atomic E-state index is 12.7. The SMILES string of the molecule is Fc1ccc(OCCCCC2CCNCC2)cc1. The molecule has 1 fully saturated rings. The van der Waals surface area contributed by atoms with Crippen molar-refractivity contribution in [3.63, 3.8) is 0 Å². The fourth-order valence-corrected chi connectivity index (χ4v) is 2.43. The Hall–Kier alpha value is -1.09. The molecule has 1 aliphatic rings. The minimum absolute atomic E-state index is 0.215. The van der Waals surface area contributed by atoms with E-state index in [1.807, 2.05) is 0 Å². The highest BCUT2D eigenvalue weighted by molar-refractivity contribution is 5.21. The molecule has 1 N–H and O–H groups in total. The summed E-state index contributed by atoms with van der Waals surface area (Å²) in [7, 11) is 0. The third-order valence-electron chi connectivity index (χ3n) is 3.55. The van der Waals surface area contributed by atoms with Gasteiger partial charge in [0.2, 0.25) is 0 Å². The predicted octanol–water partition coefficient (Wildman–Crippen LogP) is 3.37. The average Bonchev–Trinajstić information content (AvgIpc) is 2.42. The van der Waals surface area contributed by atoms with E-state index in [1.54, 1.807) is 12.1 Å². The first-order valence-corrected chi connectivity index (χ1v) is 6.94. The summed E-state index contributed by atoms with van der Waals surface area (Å²) in [4.78, 5) is 0. The number of halogens is 1. The van der Waals surface area contributed by atoms with E-state index in [9.17, 15) is 4.39 Å². The number of hydrogen-bond donors (Lipinski definition) is 1. The monoisotopic (exact) mass is 251 g/mol. The van der Waals surface area contributed by atoms with Crippen LogP contribution in [0.5, 0.6) is 5.75 Å². The van der Waals surface area contributed by atoms with Gasteiger partial charge < -0.3 is 10.1 Å². The minimum Gasteiger partial charge on any atom is -0.494 e. The Labute approximate surface area is 109 Å². The summed E-state index contributed by atoms with van der Waals surface area (Å²) < 4.78 is 18.2. The van der Waals surface area contributed by atoms with E-state index in [4.69, 9.17) is 4.74 Å². The number of benzene rings is 1. The summed E-state index contributed by atoms with van der Waals surface area (Å²) in [5.41, 5.74) is 0. The largest absolute Gasteiger partial charge is 0.494 e. The number of hydrogen-bond acceptors (Lipinski definition) is 2. The third kappa shape index (κ3) is 4.65. The van der Waals surface area contributed by atoms with Crippen LogP contribution in [0.25, 0.3) is 0 Å². The van der Waals surface area contributed by atoms with Gasteiger partial charge in [0.25, 0.3) is 0 Å². The molecule has 3 heteroatoms. The van der Waals surface area contributed by atoms with E-state index in [2.05, 4.69) is 5.32 Å². The van der Waals surface area contributed by atoms with Gasteiger partial charge in [0.1, 0.15) is 11.6 Å².